The van der Waals surface area contributed by atoms with E-state index in [1.54, 1.807) is 0 Å². The first kappa shape index (κ1) is 17.1. The number of benzene rings is 2. The average molecular weight is 311 g/mol. The Morgan fingerprint density at radius 3 is 2.22 bits per heavy atom. The highest BCUT2D eigenvalue weighted by Crippen LogP contribution is 2.22. The highest BCUT2D eigenvalue weighted by molar-refractivity contribution is 5.92. The van der Waals surface area contributed by atoms with E-state index in [0.29, 0.717) is 13.0 Å². The minimum Gasteiger partial charge on any atom is -0.493 e. The molecule has 0 aliphatic rings. The van der Waals surface area contributed by atoms with Crippen molar-refractivity contribution in [1.29, 1.82) is 0 Å². The largest absolute Gasteiger partial charge is 0.493 e. The van der Waals surface area contributed by atoms with Gasteiger partial charge in [0.15, 0.2) is 0 Å². The van der Waals surface area contributed by atoms with Gasteiger partial charge in [0.05, 0.1) is 13.0 Å². The second kappa shape index (κ2) is 7.82. The van der Waals surface area contributed by atoms with Crippen LogP contribution in [0.15, 0.2) is 36.4 Å². The van der Waals surface area contributed by atoms with E-state index < -0.39 is 0 Å². The van der Waals surface area contributed by atoms with Gasteiger partial charge in [-0.3, -0.25) is 4.79 Å². The van der Waals surface area contributed by atoms with Crippen molar-refractivity contribution in [3.63, 3.8) is 0 Å². The lowest BCUT2D eigenvalue weighted by Gasteiger charge is -2.13. The topological polar surface area (TPSA) is 38.3 Å². The van der Waals surface area contributed by atoms with Crippen LogP contribution in [0.5, 0.6) is 5.75 Å². The van der Waals surface area contributed by atoms with Crippen molar-refractivity contribution in [2.75, 3.05) is 11.9 Å². The molecule has 0 heterocycles. The van der Waals surface area contributed by atoms with Crippen LogP contribution in [0.2, 0.25) is 0 Å². The van der Waals surface area contributed by atoms with Gasteiger partial charge in [-0.25, -0.2) is 0 Å². The lowest BCUT2D eigenvalue weighted by atomic mass is 10.1. The van der Waals surface area contributed by atoms with E-state index in [4.69, 9.17) is 4.74 Å². The highest BCUT2D eigenvalue weighted by atomic mass is 16.5. The number of hydrogen-bond donors (Lipinski definition) is 1. The van der Waals surface area contributed by atoms with Gasteiger partial charge in [-0.1, -0.05) is 36.8 Å². The summed E-state index contributed by atoms with van der Waals surface area (Å²) in [6.45, 7) is 8.59. The molecule has 1 N–H and O–H groups in total. The van der Waals surface area contributed by atoms with E-state index >= 15 is 0 Å². The lowest BCUT2D eigenvalue weighted by molar-refractivity contribution is -0.116. The minimum atomic E-state index is -0.0229. The van der Waals surface area contributed by atoms with E-state index in [0.717, 1.165) is 29.0 Å². The molecular weight excluding hydrogens is 286 g/mol. The van der Waals surface area contributed by atoms with Gasteiger partial charge in [-0.15, -0.1) is 0 Å². The molecule has 0 atom stereocenters. The number of hydrogen-bond acceptors (Lipinski definition) is 2. The smallest absolute Gasteiger partial charge is 0.227 e. The van der Waals surface area contributed by atoms with Crippen molar-refractivity contribution >= 4 is 11.6 Å². The summed E-state index contributed by atoms with van der Waals surface area (Å²) in [7, 11) is 0. The standard InChI is InChI=1S/C20H25NO2/c1-5-17-6-8-18(9-7-17)23-11-10-19(22)21-20-15(3)12-14(2)13-16(20)4/h6-9,12-13H,5,10-11H2,1-4H3,(H,21,22). The molecule has 0 aliphatic carbocycles. The number of carbonyl (C=O) groups is 1. The monoisotopic (exact) mass is 311 g/mol. The summed E-state index contributed by atoms with van der Waals surface area (Å²) in [5.74, 6) is 0.780. The van der Waals surface area contributed by atoms with Crippen LogP contribution in [0.4, 0.5) is 5.69 Å². The molecule has 0 aromatic heterocycles. The zero-order valence-corrected chi connectivity index (χ0v) is 14.4. The lowest BCUT2D eigenvalue weighted by Crippen LogP contribution is -2.16. The first-order chi connectivity index (χ1) is 11.0. The predicted molar refractivity (Wildman–Crippen MR) is 95.2 cm³/mol. The summed E-state index contributed by atoms with van der Waals surface area (Å²) in [4.78, 5) is 12.1. The van der Waals surface area contributed by atoms with Crippen molar-refractivity contribution in [2.24, 2.45) is 0 Å². The second-order valence-electron chi connectivity index (χ2n) is 5.92. The molecule has 0 aliphatic heterocycles. The maximum absolute atomic E-state index is 12.1. The van der Waals surface area contributed by atoms with E-state index in [1.165, 1.54) is 11.1 Å². The zero-order valence-electron chi connectivity index (χ0n) is 14.4. The first-order valence-corrected chi connectivity index (χ1v) is 8.09. The van der Waals surface area contributed by atoms with Gasteiger partial charge in [0.1, 0.15) is 5.75 Å². The number of carbonyl (C=O) groups excluding carboxylic acids is 1. The van der Waals surface area contributed by atoms with E-state index in [1.807, 2.05) is 26.0 Å². The zero-order chi connectivity index (χ0) is 16.8. The summed E-state index contributed by atoms with van der Waals surface area (Å²) >= 11 is 0. The molecule has 23 heavy (non-hydrogen) atoms. The summed E-state index contributed by atoms with van der Waals surface area (Å²) in [5, 5.41) is 2.99. The summed E-state index contributed by atoms with van der Waals surface area (Å²) in [6, 6.07) is 12.2. The number of aryl methyl sites for hydroxylation is 4. The third kappa shape index (κ3) is 4.85. The van der Waals surface area contributed by atoms with E-state index in [2.05, 4.69) is 43.4 Å². The van der Waals surface area contributed by atoms with Gasteiger partial charge in [0.2, 0.25) is 5.91 Å². The molecule has 1 amide bonds. The van der Waals surface area contributed by atoms with Crippen molar-refractivity contribution in [2.45, 2.75) is 40.5 Å². The first-order valence-electron chi connectivity index (χ1n) is 8.09. The number of anilines is 1. The molecule has 0 radical (unpaired) electrons. The summed E-state index contributed by atoms with van der Waals surface area (Å²) in [5.41, 5.74) is 5.57. The molecule has 2 aromatic carbocycles. The molecule has 2 aromatic rings. The van der Waals surface area contributed by atoms with Crippen LogP contribution in [0.25, 0.3) is 0 Å². The molecule has 2 rings (SSSR count). The van der Waals surface area contributed by atoms with Gasteiger partial charge >= 0.3 is 0 Å². The Balaban J connectivity index is 1.85. The van der Waals surface area contributed by atoms with Crippen LogP contribution in [0.3, 0.4) is 0 Å². The molecule has 0 unspecified atom stereocenters. The number of amides is 1. The fraction of sp³-hybridized carbons (Fsp3) is 0.350. The predicted octanol–water partition coefficient (Wildman–Crippen LogP) is 4.58. The van der Waals surface area contributed by atoms with Gasteiger partial charge in [0.25, 0.3) is 0 Å². The van der Waals surface area contributed by atoms with E-state index in [9.17, 15) is 4.79 Å². The molecule has 0 saturated heterocycles. The third-order valence-corrected chi connectivity index (χ3v) is 3.87. The average Bonchev–Trinajstić information content (AvgIpc) is 2.51. The SMILES string of the molecule is CCc1ccc(OCCC(=O)Nc2c(C)cc(C)cc2C)cc1. The minimum absolute atomic E-state index is 0.0229. The van der Waals surface area contributed by atoms with Gasteiger partial charge in [0, 0.05) is 5.69 Å². The Kier molecular flexibility index (Phi) is 5.80. The van der Waals surface area contributed by atoms with Gasteiger partial charge < -0.3 is 10.1 Å². The van der Waals surface area contributed by atoms with Gasteiger partial charge in [-0.2, -0.15) is 0 Å². The van der Waals surface area contributed by atoms with Crippen LogP contribution >= 0.6 is 0 Å². The molecule has 0 spiro atoms. The summed E-state index contributed by atoms with van der Waals surface area (Å²) < 4.78 is 5.63. The quantitative estimate of drug-likeness (QED) is 0.848. The molecule has 3 nitrogen and oxygen atoms in total. The Bertz CT molecular complexity index is 652. The van der Waals surface area contributed by atoms with Crippen molar-refractivity contribution < 1.29 is 9.53 Å². The Morgan fingerprint density at radius 1 is 1.04 bits per heavy atom. The highest BCUT2D eigenvalue weighted by Gasteiger charge is 2.08. The third-order valence-electron chi connectivity index (χ3n) is 3.87. The van der Waals surface area contributed by atoms with Crippen LogP contribution in [-0.2, 0) is 11.2 Å². The fourth-order valence-corrected chi connectivity index (χ4v) is 2.66. The second-order valence-corrected chi connectivity index (χ2v) is 5.92. The normalized spacial score (nSPS) is 10.4. The molecule has 0 bridgehead atoms. The number of rotatable bonds is 6. The molecule has 0 saturated carbocycles. The van der Waals surface area contributed by atoms with Crippen molar-refractivity contribution in [1.82, 2.24) is 0 Å². The molecule has 122 valence electrons. The molecule has 3 heteroatoms. The Labute approximate surface area is 138 Å². The van der Waals surface area contributed by atoms with Gasteiger partial charge in [-0.05, 0) is 56.0 Å². The fourth-order valence-electron chi connectivity index (χ4n) is 2.66. The number of ether oxygens (including phenoxy) is 1. The maximum atomic E-state index is 12.1. The molecule has 0 fully saturated rings. The maximum Gasteiger partial charge on any atom is 0.227 e. The van der Waals surface area contributed by atoms with Crippen LogP contribution in [0.1, 0.15) is 35.6 Å². The van der Waals surface area contributed by atoms with Crippen LogP contribution in [0, 0.1) is 20.8 Å². The Morgan fingerprint density at radius 2 is 1.65 bits per heavy atom. The molecular formula is C20H25NO2. The van der Waals surface area contributed by atoms with Crippen molar-refractivity contribution in [3.05, 3.63) is 58.7 Å². The number of nitrogens with one attached hydrogen (secondary N) is 1. The summed E-state index contributed by atoms with van der Waals surface area (Å²) in [6.07, 6.45) is 1.35. The van der Waals surface area contributed by atoms with Crippen LogP contribution < -0.4 is 10.1 Å². The van der Waals surface area contributed by atoms with E-state index in [-0.39, 0.29) is 5.91 Å². The van der Waals surface area contributed by atoms with Crippen LogP contribution in [-0.4, -0.2) is 12.5 Å². The Hall–Kier alpha value is -2.29. The van der Waals surface area contributed by atoms with Crippen molar-refractivity contribution in [3.8, 4) is 5.75 Å².